The fourth-order valence-electron chi connectivity index (χ4n) is 3.37. The predicted octanol–water partition coefficient (Wildman–Crippen LogP) is 2.65. The average molecular weight is 339 g/mol. The number of esters is 1. The van der Waals surface area contributed by atoms with Crippen molar-refractivity contribution >= 4 is 11.9 Å². The van der Waals surface area contributed by atoms with E-state index >= 15 is 0 Å². The quantitative estimate of drug-likeness (QED) is 0.759. The van der Waals surface area contributed by atoms with Gasteiger partial charge in [0.25, 0.3) is 0 Å². The lowest BCUT2D eigenvalue weighted by Crippen LogP contribution is -2.29. The van der Waals surface area contributed by atoms with Gasteiger partial charge < -0.3 is 15.2 Å². The molecule has 25 heavy (non-hydrogen) atoms. The van der Waals surface area contributed by atoms with Crippen LogP contribution in [0.15, 0.2) is 48.5 Å². The summed E-state index contributed by atoms with van der Waals surface area (Å²) in [6.45, 7) is 0.457. The maximum atomic E-state index is 12.1. The van der Waals surface area contributed by atoms with Crippen molar-refractivity contribution in [1.82, 2.24) is 5.32 Å². The number of benzene rings is 2. The molecule has 5 nitrogen and oxygen atoms in total. The Hall–Kier alpha value is -2.66. The zero-order chi connectivity index (χ0) is 17.8. The molecule has 0 unspecified atom stereocenters. The highest BCUT2D eigenvalue weighted by atomic mass is 16.5. The van der Waals surface area contributed by atoms with Crippen molar-refractivity contribution in [3.63, 3.8) is 0 Å². The standard InChI is InChI=1S/C20H21NO4/c1-21-11-13(20(23)24)10-19(22)25-12-18-16-8-4-2-6-14(16)15-7-3-5-9-17(15)18/h2-9,13,18,21H,10-12H2,1H3,(H,23,24)/t13-/m0/s1. The minimum atomic E-state index is -0.997. The second kappa shape index (κ2) is 7.49. The summed E-state index contributed by atoms with van der Waals surface area (Å²) in [6, 6.07) is 16.2. The fraction of sp³-hybridized carbons (Fsp3) is 0.300. The number of carboxylic acid groups (broad SMARTS) is 1. The van der Waals surface area contributed by atoms with Gasteiger partial charge in [-0.05, 0) is 29.3 Å². The van der Waals surface area contributed by atoms with Crippen LogP contribution >= 0.6 is 0 Å². The van der Waals surface area contributed by atoms with Crippen molar-refractivity contribution in [2.75, 3.05) is 20.2 Å². The lowest BCUT2D eigenvalue weighted by Gasteiger charge is -2.16. The van der Waals surface area contributed by atoms with Crippen molar-refractivity contribution in [2.45, 2.75) is 12.3 Å². The molecule has 5 heteroatoms. The van der Waals surface area contributed by atoms with E-state index < -0.39 is 17.9 Å². The Labute approximate surface area is 146 Å². The molecule has 2 aromatic carbocycles. The monoisotopic (exact) mass is 339 g/mol. The van der Waals surface area contributed by atoms with Crippen LogP contribution in [0.4, 0.5) is 0 Å². The molecule has 2 N–H and O–H groups in total. The molecule has 0 fully saturated rings. The third-order valence-corrected chi connectivity index (χ3v) is 4.59. The first-order chi connectivity index (χ1) is 12.1. The van der Waals surface area contributed by atoms with Crippen LogP contribution in [0.5, 0.6) is 0 Å². The average Bonchev–Trinajstić information content (AvgIpc) is 2.93. The lowest BCUT2D eigenvalue weighted by atomic mass is 9.98. The molecular weight excluding hydrogens is 318 g/mol. The van der Waals surface area contributed by atoms with Gasteiger partial charge in [0.15, 0.2) is 0 Å². The van der Waals surface area contributed by atoms with Crippen LogP contribution in [-0.2, 0) is 14.3 Å². The number of nitrogens with one attached hydrogen (secondary N) is 1. The first-order valence-electron chi connectivity index (χ1n) is 8.33. The van der Waals surface area contributed by atoms with Crippen LogP contribution < -0.4 is 5.32 Å². The van der Waals surface area contributed by atoms with Gasteiger partial charge in [-0.3, -0.25) is 9.59 Å². The van der Waals surface area contributed by atoms with Crippen LogP contribution in [0.3, 0.4) is 0 Å². The van der Waals surface area contributed by atoms with Crippen LogP contribution in [0, 0.1) is 5.92 Å². The second-order valence-corrected chi connectivity index (χ2v) is 6.21. The molecule has 1 aliphatic rings. The molecule has 2 aromatic rings. The van der Waals surface area contributed by atoms with Gasteiger partial charge in [0, 0.05) is 12.5 Å². The number of carbonyl (C=O) groups excluding carboxylic acids is 1. The van der Waals surface area contributed by atoms with Gasteiger partial charge in [-0.1, -0.05) is 48.5 Å². The molecule has 0 aromatic heterocycles. The molecule has 0 heterocycles. The summed E-state index contributed by atoms with van der Waals surface area (Å²) in [5.41, 5.74) is 4.61. The molecule has 1 atom stereocenters. The van der Waals surface area contributed by atoms with E-state index in [0.29, 0.717) is 0 Å². The molecule has 0 saturated carbocycles. The summed E-state index contributed by atoms with van der Waals surface area (Å²) in [5.74, 6) is -2.27. The van der Waals surface area contributed by atoms with E-state index in [0.717, 1.165) is 22.3 Å². The van der Waals surface area contributed by atoms with Crippen molar-refractivity contribution in [2.24, 2.45) is 5.92 Å². The molecule has 3 rings (SSSR count). The maximum absolute atomic E-state index is 12.1. The van der Waals surface area contributed by atoms with Crippen molar-refractivity contribution in [3.05, 3.63) is 59.7 Å². The first-order valence-corrected chi connectivity index (χ1v) is 8.33. The SMILES string of the molecule is CNC[C@H](CC(=O)OCC1c2ccccc2-c2ccccc21)C(=O)O. The summed E-state index contributed by atoms with van der Waals surface area (Å²) in [5, 5.41) is 11.9. The van der Waals surface area contributed by atoms with E-state index in [1.807, 2.05) is 24.3 Å². The van der Waals surface area contributed by atoms with Gasteiger partial charge in [-0.2, -0.15) is 0 Å². The molecule has 0 amide bonds. The Kier molecular flexibility index (Phi) is 5.14. The summed E-state index contributed by atoms with van der Waals surface area (Å²) < 4.78 is 5.44. The number of fused-ring (bicyclic) bond motifs is 3. The highest BCUT2D eigenvalue weighted by Gasteiger charge is 2.29. The van der Waals surface area contributed by atoms with Gasteiger partial charge in [0.2, 0.25) is 0 Å². The Morgan fingerprint density at radius 3 is 2.16 bits per heavy atom. The molecule has 0 spiro atoms. The number of hydrogen-bond acceptors (Lipinski definition) is 4. The van der Waals surface area contributed by atoms with Gasteiger partial charge in [0.05, 0.1) is 12.3 Å². The second-order valence-electron chi connectivity index (χ2n) is 6.21. The zero-order valence-corrected chi connectivity index (χ0v) is 14.1. The normalized spacial score (nSPS) is 13.8. The summed E-state index contributed by atoms with van der Waals surface area (Å²) in [4.78, 5) is 23.3. The van der Waals surface area contributed by atoms with Crippen molar-refractivity contribution < 1.29 is 19.4 Å². The lowest BCUT2D eigenvalue weighted by molar-refractivity contribution is -0.151. The fourth-order valence-corrected chi connectivity index (χ4v) is 3.37. The minimum Gasteiger partial charge on any atom is -0.481 e. The Morgan fingerprint density at radius 2 is 1.64 bits per heavy atom. The van der Waals surface area contributed by atoms with Crippen LogP contribution in [-0.4, -0.2) is 37.2 Å². The highest BCUT2D eigenvalue weighted by Crippen LogP contribution is 2.44. The molecule has 130 valence electrons. The molecule has 1 aliphatic carbocycles. The third-order valence-electron chi connectivity index (χ3n) is 4.59. The molecule has 0 bridgehead atoms. The Morgan fingerprint density at radius 1 is 1.08 bits per heavy atom. The van der Waals surface area contributed by atoms with Crippen molar-refractivity contribution in [3.8, 4) is 11.1 Å². The smallest absolute Gasteiger partial charge is 0.308 e. The van der Waals surface area contributed by atoms with E-state index in [1.165, 1.54) is 0 Å². The van der Waals surface area contributed by atoms with Gasteiger partial charge in [0.1, 0.15) is 6.61 Å². The number of hydrogen-bond donors (Lipinski definition) is 2. The Bertz CT molecular complexity index is 741. The number of rotatable bonds is 7. The van der Waals surface area contributed by atoms with E-state index in [2.05, 4.69) is 29.6 Å². The number of carboxylic acids is 1. The zero-order valence-electron chi connectivity index (χ0n) is 14.1. The van der Waals surface area contributed by atoms with E-state index in [1.54, 1.807) is 7.05 Å². The first kappa shape index (κ1) is 17.2. The van der Waals surface area contributed by atoms with Crippen molar-refractivity contribution in [1.29, 1.82) is 0 Å². The van der Waals surface area contributed by atoms with Crippen LogP contribution in [0.2, 0.25) is 0 Å². The van der Waals surface area contributed by atoms with E-state index in [4.69, 9.17) is 9.84 Å². The topological polar surface area (TPSA) is 75.6 Å². The predicted molar refractivity (Wildman–Crippen MR) is 94.3 cm³/mol. The molecule has 0 aliphatic heterocycles. The molecule has 0 radical (unpaired) electrons. The highest BCUT2D eigenvalue weighted by molar-refractivity contribution is 5.80. The summed E-state index contributed by atoms with van der Waals surface area (Å²) in [6.07, 6.45) is -0.133. The molecule has 0 saturated heterocycles. The minimum absolute atomic E-state index is 0.0103. The number of carbonyl (C=O) groups is 2. The van der Waals surface area contributed by atoms with Gasteiger partial charge >= 0.3 is 11.9 Å². The van der Waals surface area contributed by atoms with E-state index in [9.17, 15) is 9.59 Å². The largest absolute Gasteiger partial charge is 0.481 e. The Balaban J connectivity index is 1.71. The summed E-state index contributed by atoms with van der Waals surface area (Å²) >= 11 is 0. The third kappa shape index (κ3) is 3.56. The number of aliphatic carboxylic acids is 1. The van der Waals surface area contributed by atoms with E-state index in [-0.39, 0.29) is 25.5 Å². The van der Waals surface area contributed by atoms with Gasteiger partial charge in [-0.25, -0.2) is 0 Å². The maximum Gasteiger partial charge on any atom is 0.308 e. The number of ether oxygens (including phenoxy) is 1. The summed E-state index contributed by atoms with van der Waals surface area (Å²) in [7, 11) is 1.66. The van der Waals surface area contributed by atoms with Crippen LogP contribution in [0.25, 0.3) is 11.1 Å². The van der Waals surface area contributed by atoms with Crippen LogP contribution in [0.1, 0.15) is 23.5 Å². The molecular formula is C20H21NO4. The van der Waals surface area contributed by atoms with Gasteiger partial charge in [-0.15, -0.1) is 0 Å².